The molecule has 0 aliphatic carbocycles. The largest absolute Gasteiger partial charge is 0.323 e. The number of rotatable bonds is 5. The Morgan fingerprint density at radius 2 is 1.91 bits per heavy atom. The number of nitrogens with zero attached hydrogens (tertiary/aromatic N) is 3. The monoisotopic (exact) mass is 290 g/mol. The molecule has 0 fully saturated rings. The number of aromatic nitrogens is 2. The molecule has 0 spiro atoms. The first kappa shape index (κ1) is 14.3. The zero-order chi connectivity index (χ0) is 15.4. The summed E-state index contributed by atoms with van der Waals surface area (Å²) in [7, 11) is 1.94. The number of imidazole rings is 1. The topological polar surface area (TPSA) is 53.6 Å². The van der Waals surface area contributed by atoms with Crippen LogP contribution in [-0.4, -0.2) is 23.1 Å². The highest BCUT2D eigenvalue weighted by atomic mass is 15.1. The Morgan fingerprint density at radius 1 is 1.14 bits per heavy atom. The fraction of sp³-hybridized carbons (Fsp3) is 0.222. The van der Waals surface area contributed by atoms with Gasteiger partial charge in [0.15, 0.2) is 0 Å². The molecule has 0 atom stereocenters. The van der Waals surface area contributed by atoms with E-state index in [0.29, 0.717) is 6.54 Å². The summed E-state index contributed by atoms with van der Waals surface area (Å²) in [6, 6.07) is 18.2. The molecule has 4 heteroatoms. The SMILES string of the molecule is CNCCc1nc2ccccc2n1Cc1ccccc1C#N. The smallest absolute Gasteiger partial charge is 0.111 e. The van der Waals surface area contributed by atoms with Gasteiger partial charge in [-0.05, 0) is 30.8 Å². The maximum atomic E-state index is 9.29. The lowest BCUT2D eigenvalue weighted by Crippen LogP contribution is -2.15. The molecule has 1 aromatic heterocycles. The predicted molar refractivity (Wildman–Crippen MR) is 87.6 cm³/mol. The maximum absolute atomic E-state index is 9.29. The third kappa shape index (κ3) is 2.72. The average Bonchev–Trinajstić information content (AvgIpc) is 2.91. The maximum Gasteiger partial charge on any atom is 0.111 e. The molecule has 0 aliphatic rings. The van der Waals surface area contributed by atoms with Crippen LogP contribution in [0.5, 0.6) is 0 Å². The summed E-state index contributed by atoms with van der Waals surface area (Å²) in [6.07, 6.45) is 0.861. The van der Waals surface area contributed by atoms with E-state index in [0.717, 1.165) is 41.0 Å². The fourth-order valence-electron chi connectivity index (χ4n) is 2.67. The van der Waals surface area contributed by atoms with Gasteiger partial charge in [0.05, 0.1) is 29.2 Å². The van der Waals surface area contributed by atoms with Crippen molar-refractivity contribution in [3.05, 3.63) is 65.5 Å². The van der Waals surface area contributed by atoms with E-state index in [-0.39, 0.29) is 0 Å². The number of hydrogen-bond acceptors (Lipinski definition) is 3. The summed E-state index contributed by atoms with van der Waals surface area (Å²) in [4.78, 5) is 4.74. The van der Waals surface area contributed by atoms with Crippen LogP contribution in [0.3, 0.4) is 0 Å². The molecule has 3 rings (SSSR count). The molecule has 1 N–H and O–H groups in total. The molecule has 110 valence electrons. The molecular weight excluding hydrogens is 272 g/mol. The minimum Gasteiger partial charge on any atom is -0.323 e. The van der Waals surface area contributed by atoms with Gasteiger partial charge in [-0.1, -0.05) is 30.3 Å². The van der Waals surface area contributed by atoms with Crippen molar-refractivity contribution >= 4 is 11.0 Å². The van der Waals surface area contributed by atoms with Gasteiger partial charge in [0, 0.05) is 13.0 Å². The number of hydrogen-bond donors (Lipinski definition) is 1. The van der Waals surface area contributed by atoms with Crippen LogP contribution in [0, 0.1) is 11.3 Å². The van der Waals surface area contributed by atoms with Crippen LogP contribution in [0.15, 0.2) is 48.5 Å². The zero-order valence-electron chi connectivity index (χ0n) is 12.6. The first-order chi connectivity index (χ1) is 10.8. The van der Waals surface area contributed by atoms with Crippen molar-refractivity contribution in [3.63, 3.8) is 0 Å². The Labute approximate surface area is 130 Å². The first-order valence-electron chi connectivity index (χ1n) is 7.40. The highest BCUT2D eigenvalue weighted by Gasteiger charge is 2.11. The molecule has 3 aromatic rings. The van der Waals surface area contributed by atoms with Gasteiger partial charge in [-0.15, -0.1) is 0 Å². The highest BCUT2D eigenvalue weighted by Crippen LogP contribution is 2.19. The second-order valence-corrected chi connectivity index (χ2v) is 5.23. The lowest BCUT2D eigenvalue weighted by atomic mass is 10.1. The number of benzene rings is 2. The molecule has 0 aliphatic heterocycles. The average molecular weight is 290 g/mol. The predicted octanol–water partition coefficient (Wildman–Crippen LogP) is 2.72. The van der Waals surface area contributed by atoms with Gasteiger partial charge < -0.3 is 9.88 Å². The normalized spacial score (nSPS) is 10.7. The van der Waals surface area contributed by atoms with E-state index >= 15 is 0 Å². The minimum absolute atomic E-state index is 0.670. The Hall–Kier alpha value is -2.64. The van der Waals surface area contributed by atoms with Gasteiger partial charge in [-0.3, -0.25) is 0 Å². The van der Waals surface area contributed by atoms with Gasteiger partial charge >= 0.3 is 0 Å². The Kier molecular flexibility index (Phi) is 4.17. The number of para-hydroxylation sites is 2. The Bertz CT molecular complexity index is 826. The summed E-state index contributed by atoms with van der Waals surface area (Å²) < 4.78 is 2.21. The van der Waals surface area contributed by atoms with Gasteiger partial charge in [0.1, 0.15) is 5.82 Å². The molecule has 4 nitrogen and oxygen atoms in total. The van der Waals surface area contributed by atoms with Crippen molar-refractivity contribution in [2.24, 2.45) is 0 Å². The summed E-state index contributed by atoms with van der Waals surface area (Å²) in [5.74, 6) is 1.04. The Morgan fingerprint density at radius 3 is 2.73 bits per heavy atom. The number of nitrogens with one attached hydrogen (secondary N) is 1. The van der Waals surface area contributed by atoms with E-state index < -0.39 is 0 Å². The van der Waals surface area contributed by atoms with Crippen molar-refractivity contribution < 1.29 is 0 Å². The van der Waals surface area contributed by atoms with Gasteiger partial charge in [-0.25, -0.2) is 4.98 Å². The summed E-state index contributed by atoms with van der Waals surface area (Å²) in [6.45, 7) is 1.55. The summed E-state index contributed by atoms with van der Waals surface area (Å²) in [5, 5.41) is 12.5. The number of fused-ring (bicyclic) bond motifs is 1. The second kappa shape index (κ2) is 6.42. The molecule has 0 amide bonds. The molecule has 0 saturated heterocycles. The van der Waals surface area contributed by atoms with Gasteiger partial charge in [0.2, 0.25) is 0 Å². The van der Waals surface area contributed by atoms with Crippen LogP contribution in [0.4, 0.5) is 0 Å². The Balaban J connectivity index is 2.06. The minimum atomic E-state index is 0.670. The van der Waals surface area contributed by atoms with E-state index in [1.807, 2.05) is 49.5 Å². The van der Waals surface area contributed by atoms with Crippen molar-refractivity contribution in [1.82, 2.24) is 14.9 Å². The zero-order valence-corrected chi connectivity index (χ0v) is 12.6. The highest BCUT2D eigenvalue weighted by molar-refractivity contribution is 5.76. The van der Waals surface area contributed by atoms with E-state index in [2.05, 4.69) is 22.0 Å². The van der Waals surface area contributed by atoms with E-state index in [4.69, 9.17) is 4.98 Å². The van der Waals surface area contributed by atoms with Crippen molar-refractivity contribution in [2.75, 3.05) is 13.6 Å². The van der Waals surface area contributed by atoms with Crippen molar-refractivity contribution in [3.8, 4) is 6.07 Å². The molecule has 0 unspecified atom stereocenters. The lowest BCUT2D eigenvalue weighted by molar-refractivity contribution is 0.695. The lowest BCUT2D eigenvalue weighted by Gasteiger charge is -2.10. The first-order valence-corrected chi connectivity index (χ1v) is 7.40. The van der Waals surface area contributed by atoms with Crippen LogP contribution >= 0.6 is 0 Å². The molecule has 0 saturated carbocycles. The van der Waals surface area contributed by atoms with Gasteiger partial charge in [0.25, 0.3) is 0 Å². The van der Waals surface area contributed by atoms with Crippen molar-refractivity contribution in [1.29, 1.82) is 5.26 Å². The van der Waals surface area contributed by atoms with Crippen LogP contribution in [0.1, 0.15) is 17.0 Å². The van der Waals surface area contributed by atoms with Crippen LogP contribution in [-0.2, 0) is 13.0 Å². The third-order valence-corrected chi connectivity index (χ3v) is 3.80. The van der Waals surface area contributed by atoms with E-state index in [1.54, 1.807) is 0 Å². The molecule has 2 aromatic carbocycles. The van der Waals surface area contributed by atoms with Gasteiger partial charge in [-0.2, -0.15) is 5.26 Å². The van der Waals surface area contributed by atoms with Crippen molar-refractivity contribution in [2.45, 2.75) is 13.0 Å². The molecule has 1 heterocycles. The van der Waals surface area contributed by atoms with Crippen LogP contribution in [0.25, 0.3) is 11.0 Å². The number of nitriles is 1. The molecular formula is C18H18N4. The number of likely N-dealkylation sites (N-methyl/N-ethyl adjacent to an activating group) is 1. The fourth-order valence-corrected chi connectivity index (χ4v) is 2.67. The molecule has 0 radical (unpaired) electrons. The summed E-state index contributed by atoms with van der Waals surface area (Å²) in [5.41, 5.74) is 3.86. The summed E-state index contributed by atoms with van der Waals surface area (Å²) >= 11 is 0. The van der Waals surface area contributed by atoms with Crippen LogP contribution in [0.2, 0.25) is 0 Å². The quantitative estimate of drug-likeness (QED) is 0.786. The third-order valence-electron chi connectivity index (χ3n) is 3.80. The van der Waals surface area contributed by atoms with E-state index in [1.165, 1.54) is 0 Å². The standard InChI is InChI=1S/C18H18N4/c1-20-11-10-18-21-16-8-4-5-9-17(16)22(18)13-15-7-3-2-6-14(15)12-19/h2-9,20H,10-11,13H2,1H3. The van der Waals surface area contributed by atoms with E-state index in [9.17, 15) is 5.26 Å². The molecule has 22 heavy (non-hydrogen) atoms. The van der Waals surface area contributed by atoms with Crippen LogP contribution < -0.4 is 5.32 Å². The molecule has 0 bridgehead atoms. The second-order valence-electron chi connectivity index (χ2n) is 5.23.